The Labute approximate surface area is 68.3 Å². The van der Waals surface area contributed by atoms with Crippen molar-refractivity contribution >= 4 is 6.29 Å². The summed E-state index contributed by atoms with van der Waals surface area (Å²) in [5.41, 5.74) is 0. The van der Waals surface area contributed by atoms with E-state index >= 15 is 0 Å². The van der Waals surface area contributed by atoms with Gasteiger partial charge < -0.3 is 4.79 Å². The Balaban J connectivity index is 2.33. The third-order valence-corrected chi connectivity index (χ3v) is 1.90. The smallest absolute Gasteiger partial charge is 0.303 e. The van der Waals surface area contributed by atoms with Gasteiger partial charge in [0.2, 0.25) is 0 Å². The van der Waals surface area contributed by atoms with Crippen LogP contribution in [0, 0.1) is 5.92 Å². The van der Waals surface area contributed by atoms with Crippen molar-refractivity contribution in [1.29, 1.82) is 0 Å². The van der Waals surface area contributed by atoms with Crippen LogP contribution in [0.1, 0.15) is 6.42 Å². The van der Waals surface area contributed by atoms with E-state index < -0.39 is 12.7 Å². The number of aldehydes is 1. The van der Waals surface area contributed by atoms with Gasteiger partial charge in [-0.2, -0.15) is 13.2 Å². The predicted molar refractivity (Wildman–Crippen MR) is 36.7 cm³/mol. The van der Waals surface area contributed by atoms with Gasteiger partial charge in [0.25, 0.3) is 0 Å². The first-order valence-corrected chi connectivity index (χ1v) is 3.75. The molecule has 0 aliphatic carbocycles. The van der Waals surface area contributed by atoms with E-state index in [-0.39, 0.29) is 12.5 Å². The summed E-state index contributed by atoms with van der Waals surface area (Å²) in [4.78, 5) is 11.5. The Morgan fingerprint density at radius 3 is 2.58 bits per heavy atom. The van der Waals surface area contributed by atoms with Crippen LogP contribution in [0.4, 0.5) is 13.2 Å². The molecule has 1 saturated heterocycles. The largest absolute Gasteiger partial charge is 0.401 e. The first-order chi connectivity index (χ1) is 5.51. The van der Waals surface area contributed by atoms with E-state index in [1.54, 1.807) is 0 Å². The molecule has 0 radical (unpaired) electrons. The van der Waals surface area contributed by atoms with Gasteiger partial charge in [0.05, 0.1) is 6.54 Å². The molecule has 1 unspecified atom stereocenters. The SMILES string of the molecule is O=CC1CCN(CC(F)(F)F)C1. The fraction of sp³-hybridized carbons (Fsp3) is 0.857. The number of carbonyl (C=O) groups is 1. The summed E-state index contributed by atoms with van der Waals surface area (Å²) in [7, 11) is 0. The highest BCUT2D eigenvalue weighted by Gasteiger charge is 2.33. The molecule has 0 amide bonds. The summed E-state index contributed by atoms with van der Waals surface area (Å²) in [6.07, 6.45) is -2.85. The highest BCUT2D eigenvalue weighted by molar-refractivity contribution is 5.54. The Kier molecular flexibility index (Phi) is 2.72. The quantitative estimate of drug-likeness (QED) is 0.594. The summed E-state index contributed by atoms with van der Waals surface area (Å²) in [6.45, 7) is -0.261. The van der Waals surface area contributed by atoms with Crippen molar-refractivity contribution in [3.05, 3.63) is 0 Å². The van der Waals surface area contributed by atoms with Crippen molar-refractivity contribution in [2.45, 2.75) is 12.6 Å². The van der Waals surface area contributed by atoms with Gasteiger partial charge in [-0.25, -0.2) is 0 Å². The number of alkyl halides is 3. The molecule has 12 heavy (non-hydrogen) atoms. The molecular formula is C7H10F3NO. The lowest BCUT2D eigenvalue weighted by Crippen LogP contribution is -2.32. The predicted octanol–water partition coefficient (Wildman–Crippen LogP) is 1.07. The van der Waals surface area contributed by atoms with Gasteiger partial charge in [-0.3, -0.25) is 4.90 Å². The zero-order valence-electron chi connectivity index (χ0n) is 6.47. The van der Waals surface area contributed by atoms with Crippen LogP contribution < -0.4 is 0 Å². The fourth-order valence-corrected chi connectivity index (χ4v) is 1.37. The molecule has 70 valence electrons. The van der Waals surface area contributed by atoms with Crippen LogP contribution in [0.25, 0.3) is 0 Å². The zero-order valence-corrected chi connectivity index (χ0v) is 6.47. The topological polar surface area (TPSA) is 20.3 Å². The van der Waals surface area contributed by atoms with Crippen molar-refractivity contribution in [1.82, 2.24) is 4.90 Å². The van der Waals surface area contributed by atoms with Gasteiger partial charge in [-0.15, -0.1) is 0 Å². The summed E-state index contributed by atoms with van der Waals surface area (Å²) in [6, 6.07) is 0. The molecule has 0 bridgehead atoms. The molecule has 2 nitrogen and oxygen atoms in total. The van der Waals surface area contributed by atoms with Gasteiger partial charge in [-0.1, -0.05) is 0 Å². The normalized spacial score (nSPS) is 26.1. The molecule has 0 N–H and O–H groups in total. The third kappa shape index (κ3) is 2.81. The number of rotatable bonds is 2. The number of halogens is 3. The number of hydrogen-bond acceptors (Lipinski definition) is 2. The molecule has 0 saturated carbocycles. The average molecular weight is 181 g/mol. The number of carbonyl (C=O) groups excluding carboxylic acids is 1. The molecule has 1 heterocycles. The molecule has 0 aromatic rings. The molecular weight excluding hydrogens is 171 g/mol. The van der Waals surface area contributed by atoms with Crippen LogP contribution in [0.2, 0.25) is 0 Å². The number of nitrogens with zero attached hydrogens (tertiary/aromatic N) is 1. The van der Waals surface area contributed by atoms with Gasteiger partial charge >= 0.3 is 6.18 Å². The molecule has 5 heteroatoms. The Bertz CT molecular complexity index is 169. The van der Waals surface area contributed by atoms with E-state index in [0.717, 1.165) is 6.29 Å². The van der Waals surface area contributed by atoms with E-state index in [0.29, 0.717) is 13.0 Å². The van der Waals surface area contributed by atoms with E-state index in [1.165, 1.54) is 4.90 Å². The zero-order chi connectivity index (χ0) is 9.19. The van der Waals surface area contributed by atoms with Crippen molar-refractivity contribution < 1.29 is 18.0 Å². The minimum Gasteiger partial charge on any atom is -0.303 e. The van der Waals surface area contributed by atoms with Crippen molar-refractivity contribution in [3.8, 4) is 0 Å². The lowest BCUT2D eigenvalue weighted by molar-refractivity contribution is -0.144. The van der Waals surface area contributed by atoms with Crippen molar-refractivity contribution in [2.24, 2.45) is 5.92 Å². The van der Waals surface area contributed by atoms with Crippen molar-refractivity contribution in [2.75, 3.05) is 19.6 Å². The first kappa shape index (κ1) is 9.51. The number of hydrogen-bond donors (Lipinski definition) is 0. The maximum atomic E-state index is 11.8. The second kappa shape index (κ2) is 3.43. The van der Waals surface area contributed by atoms with Crippen molar-refractivity contribution in [3.63, 3.8) is 0 Å². The second-order valence-electron chi connectivity index (χ2n) is 3.04. The minimum absolute atomic E-state index is 0.202. The van der Waals surface area contributed by atoms with Crippen LogP contribution in [0.5, 0.6) is 0 Å². The lowest BCUT2D eigenvalue weighted by atomic mass is 10.1. The number of likely N-dealkylation sites (tertiary alicyclic amines) is 1. The van der Waals surface area contributed by atoms with E-state index in [9.17, 15) is 18.0 Å². The Morgan fingerprint density at radius 1 is 1.50 bits per heavy atom. The van der Waals surface area contributed by atoms with Gasteiger partial charge in [0.15, 0.2) is 0 Å². The van der Waals surface area contributed by atoms with Crippen LogP contribution in [0.3, 0.4) is 0 Å². The standard InChI is InChI=1S/C7H10F3NO/c8-7(9,10)5-11-2-1-6(3-11)4-12/h4,6H,1-3,5H2. The highest BCUT2D eigenvalue weighted by atomic mass is 19.4. The van der Waals surface area contributed by atoms with Gasteiger partial charge in [0, 0.05) is 12.5 Å². The summed E-state index contributed by atoms with van der Waals surface area (Å²) < 4.78 is 35.4. The molecule has 0 aromatic heterocycles. The molecule has 1 aliphatic heterocycles. The summed E-state index contributed by atoms with van der Waals surface area (Å²) in [5.74, 6) is -0.202. The maximum absolute atomic E-state index is 11.8. The molecule has 1 rings (SSSR count). The van der Waals surface area contributed by atoms with Crippen LogP contribution >= 0.6 is 0 Å². The Hall–Kier alpha value is -0.580. The van der Waals surface area contributed by atoms with Gasteiger partial charge in [-0.05, 0) is 13.0 Å². The minimum atomic E-state index is -4.14. The third-order valence-electron chi connectivity index (χ3n) is 1.90. The maximum Gasteiger partial charge on any atom is 0.401 e. The second-order valence-corrected chi connectivity index (χ2v) is 3.04. The monoisotopic (exact) mass is 181 g/mol. The summed E-state index contributed by atoms with van der Waals surface area (Å²) in [5, 5.41) is 0. The van der Waals surface area contributed by atoms with E-state index in [2.05, 4.69) is 0 Å². The summed E-state index contributed by atoms with van der Waals surface area (Å²) >= 11 is 0. The Morgan fingerprint density at radius 2 is 2.17 bits per heavy atom. The van der Waals surface area contributed by atoms with Gasteiger partial charge in [0.1, 0.15) is 6.29 Å². The van der Waals surface area contributed by atoms with Crippen LogP contribution in [-0.4, -0.2) is 37.0 Å². The van der Waals surface area contributed by atoms with Crippen LogP contribution in [-0.2, 0) is 4.79 Å². The lowest BCUT2D eigenvalue weighted by Gasteiger charge is -2.16. The molecule has 1 aliphatic rings. The fourth-order valence-electron chi connectivity index (χ4n) is 1.37. The molecule has 0 aromatic carbocycles. The molecule has 1 fully saturated rings. The van der Waals surface area contributed by atoms with E-state index in [1.807, 2.05) is 0 Å². The molecule has 1 atom stereocenters. The van der Waals surface area contributed by atoms with E-state index in [4.69, 9.17) is 0 Å². The average Bonchev–Trinajstić information content (AvgIpc) is 2.32. The van der Waals surface area contributed by atoms with Crippen LogP contribution in [0.15, 0.2) is 0 Å². The highest BCUT2D eigenvalue weighted by Crippen LogP contribution is 2.21. The first-order valence-electron chi connectivity index (χ1n) is 3.75. The molecule has 0 spiro atoms.